The molecule has 2 aliphatic rings. The van der Waals surface area contributed by atoms with Gasteiger partial charge in [-0.3, -0.25) is 24.2 Å². The van der Waals surface area contributed by atoms with Gasteiger partial charge < -0.3 is 14.8 Å². The summed E-state index contributed by atoms with van der Waals surface area (Å²) in [6.07, 6.45) is 0. The summed E-state index contributed by atoms with van der Waals surface area (Å²) >= 11 is 0. The molecule has 2 heterocycles. The number of nitrogens with one attached hydrogen (secondary N) is 1. The first-order valence-corrected chi connectivity index (χ1v) is 10.3. The van der Waals surface area contributed by atoms with Crippen LogP contribution in [0.15, 0.2) is 42.5 Å². The Balaban J connectivity index is 1.43. The molecule has 31 heavy (non-hydrogen) atoms. The highest BCUT2D eigenvalue weighted by Crippen LogP contribution is 2.28. The molecule has 0 spiro atoms. The average Bonchev–Trinajstić information content (AvgIpc) is 3.04. The number of imide groups is 1. The maximum atomic E-state index is 12.9. The molecule has 2 aromatic carbocycles. The van der Waals surface area contributed by atoms with Crippen molar-refractivity contribution in [3.05, 3.63) is 64.7 Å². The third-order valence-electron chi connectivity index (χ3n) is 5.57. The lowest BCUT2D eigenvalue weighted by Crippen LogP contribution is -2.41. The van der Waals surface area contributed by atoms with Gasteiger partial charge in [0.25, 0.3) is 17.7 Å². The van der Waals surface area contributed by atoms with Crippen molar-refractivity contribution >= 4 is 17.7 Å². The summed E-state index contributed by atoms with van der Waals surface area (Å²) in [6.45, 7) is 4.48. The van der Waals surface area contributed by atoms with Crippen LogP contribution in [0.5, 0.6) is 5.75 Å². The van der Waals surface area contributed by atoms with Crippen molar-refractivity contribution in [1.82, 2.24) is 15.1 Å². The van der Waals surface area contributed by atoms with Crippen molar-refractivity contribution in [2.24, 2.45) is 0 Å². The summed E-state index contributed by atoms with van der Waals surface area (Å²) in [5.74, 6) is -0.432. The number of hydrogen-bond acceptors (Lipinski definition) is 6. The van der Waals surface area contributed by atoms with Crippen molar-refractivity contribution in [3.63, 3.8) is 0 Å². The van der Waals surface area contributed by atoms with E-state index in [2.05, 4.69) is 10.2 Å². The normalized spacial score (nSPS) is 16.4. The van der Waals surface area contributed by atoms with E-state index in [4.69, 9.17) is 9.47 Å². The zero-order valence-electron chi connectivity index (χ0n) is 17.4. The van der Waals surface area contributed by atoms with Gasteiger partial charge in [-0.2, -0.15) is 0 Å². The van der Waals surface area contributed by atoms with E-state index in [9.17, 15) is 14.4 Å². The van der Waals surface area contributed by atoms with E-state index < -0.39 is 5.91 Å². The number of morpholine rings is 1. The van der Waals surface area contributed by atoms with Crippen LogP contribution >= 0.6 is 0 Å². The Morgan fingerprint density at radius 2 is 1.81 bits per heavy atom. The summed E-state index contributed by atoms with van der Waals surface area (Å²) in [6, 6.07) is 11.9. The molecule has 3 amide bonds. The molecule has 2 aromatic rings. The third-order valence-corrected chi connectivity index (χ3v) is 5.57. The Morgan fingerprint density at radius 1 is 1.06 bits per heavy atom. The third kappa shape index (κ3) is 4.45. The van der Waals surface area contributed by atoms with Gasteiger partial charge in [-0.15, -0.1) is 0 Å². The number of ether oxygens (including phenoxy) is 2. The minimum absolute atomic E-state index is 0.109. The van der Waals surface area contributed by atoms with Crippen molar-refractivity contribution in [2.75, 3.05) is 46.5 Å². The van der Waals surface area contributed by atoms with Crippen LogP contribution in [0.4, 0.5) is 0 Å². The molecule has 8 nitrogen and oxygen atoms in total. The Morgan fingerprint density at radius 3 is 2.58 bits per heavy atom. The lowest BCUT2D eigenvalue weighted by Gasteiger charge is -2.26. The zero-order chi connectivity index (χ0) is 21.8. The van der Waals surface area contributed by atoms with Crippen molar-refractivity contribution in [3.8, 4) is 5.75 Å². The van der Waals surface area contributed by atoms with E-state index in [-0.39, 0.29) is 23.9 Å². The predicted octanol–water partition coefficient (Wildman–Crippen LogP) is 1.55. The van der Waals surface area contributed by atoms with Gasteiger partial charge in [0.1, 0.15) is 5.75 Å². The van der Waals surface area contributed by atoms with Gasteiger partial charge in [0, 0.05) is 37.3 Å². The quantitative estimate of drug-likeness (QED) is 0.680. The number of methoxy groups -OCH3 is 1. The second-order valence-corrected chi connectivity index (χ2v) is 7.48. The topological polar surface area (TPSA) is 88.2 Å². The standard InChI is InChI=1S/C23H25N3O5/c1-30-20-5-3-2-4-17(20)15-26-22(28)18-7-6-16(14-19(18)23(26)29)21(27)24-8-9-25-10-12-31-13-11-25/h2-7,14H,8-13,15H2,1H3,(H,24,27). The van der Waals surface area contributed by atoms with Crippen molar-refractivity contribution in [1.29, 1.82) is 0 Å². The van der Waals surface area contributed by atoms with Gasteiger partial charge >= 0.3 is 0 Å². The van der Waals surface area contributed by atoms with E-state index in [0.717, 1.165) is 25.2 Å². The molecule has 0 radical (unpaired) electrons. The summed E-state index contributed by atoms with van der Waals surface area (Å²) in [5.41, 5.74) is 1.66. The van der Waals surface area contributed by atoms with Crippen molar-refractivity contribution in [2.45, 2.75) is 6.54 Å². The fraction of sp³-hybridized carbons (Fsp3) is 0.348. The molecular formula is C23H25N3O5. The molecule has 1 N–H and O–H groups in total. The van der Waals surface area contributed by atoms with E-state index in [0.29, 0.717) is 36.6 Å². The molecule has 162 valence electrons. The lowest BCUT2D eigenvalue weighted by molar-refractivity contribution is 0.0383. The Hall–Kier alpha value is -3.23. The van der Waals surface area contributed by atoms with Gasteiger partial charge in [-0.1, -0.05) is 18.2 Å². The van der Waals surface area contributed by atoms with Crippen LogP contribution < -0.4 is 10.1 Å². The average molecular weight is 423 g/mol. The van der Waals surface area contributed by atoms with Gasteiger partial charge in [-0.05, 0) is 24.3 Å². The molecule has 8 heteroatoms. The molecule has 0 aliphatic carbocycles. The first-order valence-electron chi connectivity index (χ1n) is 10.3. The lowest BCUT2D eigenvalue weighted by atomic mass is 10.1. The van der Waals surface area contributed by atoms with Crippen LogP contribution in [-0.4, -0.2) is 74.0 Å². The molecule has 4 rings (SSSR count). The molecule has 1 saturated heterocycles. The zero-order valence-corrected chi connectivity index (χ0v) is 17.4. The highest BCUT2D eigenvalue weighted by Gasteiger charge is 2.36. The molecule has 0 atom stereocenters. The summed E-state index contributed by atoms with van der Waals surface area (Å²) in [7, 11) is 1.55. The molecule has 2 aliphatic heterocycles. The monoisotopic (exact) mass is 423 g/mol. The number of benzene rings is 2. The van der Waals surface area contributed by atoms with E-state index >= 15 is 0 Å². The summed E-state index contributed by atoms with van der Waals surface area (Å²) in [5, 5.41) is 2.88. The maximum absolute atomic E-state index is 12.9. The molecule has 1 fully saturated rings. The van der Waals surface area contributed by atoms with E-state index in [1.54, 1.807) is 25.3 Å². The van der Waals surface area contributed by atoms with Gasteiger partial charge in [-0.25, -0.2) is 0 Å². The maximum Gasteiger partial charge on any atom is 0.261 e. The minimum atomic E-state index is -0.408. The van der Waals surface area contributed by atoms with E-state index in [1.807, 2.05) is 18.2 Å². The van der Waals surface area contributed by atoms with Crippen LogP contribution in [0.3, 0.4) is 0 Å². The van der Waals surface area contributed by atoms with Crippen LogP contribution in [-0.2, 0) is 11.3 Å². The van der Waals surface area contributed by atoms with Crippen LogP contribution in [0, 0.1) is 0 Å². The number of para-hydroxylation sites is 1. The Kier molecular flexibility index (Phi) is 6.29. The number of nitrogens with zero attached hydrogens (tertiary/aromatic N) is 2. The highest BCUT2D eigenvalue weighted by molar-refractivity contribution is 6.22. The predicted molar refractivity (Wildman–Crippen MR) is 113 cm³/mol. The number of fused-ring (bicyclic) bond motifs is 1. The second kappa shape index (κ2) is 9.28. The summed E-state index contributed by atoms with van der Waals surface area (Å²) < 4.78 is 10.6. The van der Waals surface area contributed by atoms with Crippen molar-refractivity contribution < 1.29 is 23.9 Å². The van der Waals surface area contributed by atoms with Gasteiger partial charge in [0.2, 0.25) is 0 Å². The Bertz CT molecular complexity index is 1000. The SMILES string of the molecule is COc1ccccc1CN1C(=O)c2ccc(C(=O)NCCN3CCOCC3)cc2C1=O. The number of carbonyl (C=O) groups excluding carboxylic acids is 3. The highest BCUT2D eigenvalue weighted by atomic mass is 16.5. The second-order valence-electron chi connectivity index (χ2n) is 7.48. The fourth-order valence-electron chi connectivity index (χ4n) is 3.83. The fourth-order valence-corrected chi connectivity index (χ4v) is 3.83. The first kappa shape index (κ1) is 21.0. The number of amides is 3. The number of hydrogen-bond donors (Lipinski definition) is 1. The molecule has 0 unspecified atom stereocenters. The molecule has 0 aromatic heterocycles. The molecule has 0 bridgehead atoms. The number of carbonyl (C=O) groups is 3. The Labute approximate surface area is 180 Å². The largest absolute Gasteiger partial charge is 0.496 e. The van der Waals surface area contributed by atoms with Gasteiger partial charge in [0.15, 0.2) is 0 Å². The van der Waals surface area contributed by atoms with Gasteiger partial charge in [0.05, 0.1) is 38.0 Å². The van der Waals surface area contributed by atoms with Crippen LogP contribution in [0.2, 0.25) is 0 Å². The molecule has 0 saturated carbocycles. The van der Waals surface area contributed by atoms with Crippen LogP contribution in [0.1, 0.15) is 36.6 Å². The molecular weight excluding hydrogens is 398 g/mol. The summed E-state index contributed by atoms with van der Waals surface area (Å²) in [4.78, 5) is 41.7. The van der Waals surface area contributed by atoms with Crippen LogP contribution in [0.25, 0.3) is 0 Å². The first-order chi connectivity index (χ1) is 15.1. The smallest absolute Gasteiger partial charge is 0.261 e. The van der Waals surface area contributed by atoms with E-state index in [1.165, 1.54) is 11.0 Å². The minimum Gasteiger partial charge on any atom is -0.496 e. The number of rotatable bonds is 7.